The van der Waals surface area contributed by atoms with Crippen LogP contribution in [0.3, 0.4) is 0 Å². The number of allylic oxidation sites excluding steroid dienone is 4. The molecule has 1 aliphatic rings. The minimum atomic E-state index is -0.125. The maximum atomic E-state index is 9.62. The molecule has 0 aromatic rings. The molecule has 6 heteroatoms. The molecule has 3 nitrogen and oxygen atoms in total. The van der Waals surface area contributed by atoms with E-state index in [4.69, 9.17) is 17.2 Å². The van der Waals surface area contributed by atoms with E-state index >= 15 is 0 Å². The van der Waals surface area contributed by atoms with E-state index in [1.807, 2.05) is 53.7 Å². The fraction of sp³-hybridized carbons (Fsp3) is 0.765. The Hall–Kier alpha value is 0.716. The minimum absolute atomic E-state index is 0. The van der Waals surface area contributed by atoms with Crippen molar-refractivity contribution >= 4 is 17.0 Å². The van der Waals surface area contributed by atoms with E-state index in [9.17, 15) is 3.50 Å². The third-order valence-corrected chi connectivity index (χ3v) is 2.42. The molecule has 0 saturated carbocycles. The van der Waals surface area contributed by atoms with E-state index in [0.717, 1.165) is 25.7 Å². The molecule has 1 rings (SSSR count). The van der Waals surface area contributed by atoms with Crippen LogP contribution in [0.5, 0.6) is 0 Å². The number of hydrogen-bond donors (Lipinski definition) is 0. The Morgan fingerprint density at radius 2 is 1.17 bits per heavy atom. The van der Waals surface area contributed by atoms with Crippen LogP contribution in [0.2, 0.25) is 0 Å². The summed E-state index contributed by atoms with van der Waals surface area (Å²) >= 11 is -0.125. The van der Waals surface area contributed by atoms with Crippen LogP contribution in [0.15, 0.2) is 18.2 Å². The van der Waals surface area contributed by atoms with Crippen molar-refractivity contribution in [2.24, 2.45) is 0 Å². The molecule has 23 heavy (non-hydrogen) atoms. The first-order chi connectivity index (χ1) is 10.3. The standard InChI is InChI=1S/C5H5.3C4H10N.FGeH2.Zr/c1-2-4-5-3-1;3*1-3-4(2)5;1-2;/h1-3H,4H2;3*4-5H,3H2,1-2H3;2H2;/q4*-1;;+4. The summed E-state index contributed by atoms with van der Waals surface area (Å²) in [5.74, 6) is 0. The predicted octanol–water partition coefficient (Wildman–Crippen LogP) is 6.32. The summed E-state index contributed by atoms with van der Waals surface area (Å²) < 4.78 is 9.62. The first kappa shape index (κ1) is 34.9. The SMILES string of the molecule is CCC(C)[NH-].CCC(C)[NH-].CCC(C)[NH-].[C-]1=CC=CC1.[F][GeH2].[Zr+4]. The van der Waals surface area contributed by atoms with Crippen molar-refractivity contribution in [2.75, 3.05) is 0 Å². The van der Waals surface area contributed by atoms with Gasteiger partial charge < -0.3 is 17.2 Å². The van der Waals surface area contributed by atoms with Gasteiger partial charge in [0.1, 0.15) is 0 Å². The van der Waals surface area contributed by atoms with Crippen molar-refractivity contribution in [3.05, 3.63) is 41.5 Å². The van der Waals surface area contributed by atoms with E-state index < -0.39 is 0 Å². The summed E-state index contributed by atoms with van der Waals surface area (Å²) in [6, 6.07) is 0.403. The van der Waals surface area contributed by atoms with Crippen molar-refractivity contribution in [1.29, 1.82) is 0 Å². The van der Waals surface area contributed by atoms with Crippen molar-refractivity contribution in [3.63, 3.8) is 0 Å². The first-order valence-electron chi connectivity index (χ1n) is 7.93. The first-order valence-corrected chi connectivity index (χ1v) is 9.05. The van der Waals surface area contributed by atoms with E-state index in [1.165, 1.54) is 0 Å². The molecule has 0 amide bonds. The Morgan fingerprint density at radius 3 is 1.22 bits per heavy atom. The molecule has 0 aromatic carbocycles. The van der Waals surface area contributed by atoms with Gasteiger partial charge in [-0.05, 0) is 0 Å². The Balaban J connectivity index is -0.0000000595. The molecular formula is C17H37FGeN3Zr. The van der Waals surface area contributed by atoms with Crippen LogP contribution in [0.1, 0.15) is 67.2 Å². The summed E-state index contributed by atoms with van der Waals surface area (Å²) in [5.41, 5.74) is 20.5. The van der Waals surface area contributed by atoms with Crippen molar-refractivity contribution in [3.8, 4) is 0 Å². The molecule has 0 saturated heterocycles. The van der Waals surface area contributed by atoms with E-state index in [-0.39, 0.29) is 61.3 Å². The molecule has 0 spiro atoms. The largest absolute Gasteiger partial charge is 4.00 e. The number of hydrogen-bond acceptors (Lipinski definition) is 0. The van der Waals surface area contributed by atoms with Crippen LogP contribution in [0.25, 0.3) is 17.2 Å². The van der Waals surface area contributed by atoms with Crippen LogP contribution >= 0.6 is 0 Å². The van der Waals surface area contributed by atoms with Gasteiger partial charge in [-0.3, -0.25) is 6.08 Å². The molecule has 3 N–H and O–H groups in total. The summed E-state index contributed by atoms with van der Waals surface area (Å²) in [5, 5.41) is 0. The molecular weight excluding hydrogens is 429 g/mol. The van der Waals surface area contributed by atoms with Gasteiger partial charge in [0, 0.05) is 0 Å². The second kappa shape index (κ2) is 34.1. The zero-order chi connectivity index (χ0) is 18.4. The Labute approximate surface area is 172 Å². The molecule has 3 atom stereocenters. The van der Waals surface area contributed by atoms with Gasteiger partial charge >= 0.3 is 46.7 Å². The average molecular weight is 466 g/mol. The van der Waals surface area contributed by atoms with E-state index in [2.05, 4.69) is 12.2 Å². The van der Waals surface area contributed by atoms with Crippen LogP contribution in [-0.2, 0) is 26.2 Å². The molecule has 0 aromatic heterocycles. The molecule has 1 aliphatic carbocycles. The molecule has 0 aliphatic heterocycles. The molecule has 135 valence electrons. The third-order valence-electron chi connectivity index (χ3n) is 2.42. The maximum absolute atomic E-state index is 9.62. The van der Waals surface area contributed by atoms with Gasteiger partial charge in [-0.2, -0.15) is 6.08 Å². The van der Waals surface area contributed by atoms with Gasteiger partial charge in [0.15, 0.2) is 0 Å². The Morgan fingerprint density at radius 1 is 0.913 bits per heavy atom. The quantitative estimate of drug-likeness (QED) is 0.345. The van der Waals surface area contributed by atoms with Crippen molar-refractivity contribution in [2.45, 2.75) is 85.4 Å². The van der Waals surface area contributed by atoms with E-state index in [1.54, 1.807) is 0 Å². The Bertz CT molecular complexity index is 195. The van der Waals surface area contributed by atoms with Crippen LogP contribution in [-0.4, -0.2) is 35.1 Å². The van der Waals surface area contributed by atoms with Crippen LogP contribution in [0, 0.1) is 6.08 Å². The average Bonchev–Trinajstić information content (AvgIpc) is 3.09. The summed E-state index contributed by atoms with van der Waals surface area (Å²) in [4.78, 5) is 0. The molecule has 1 radical (unpaired) electrons. The number of rotatable bonds is 3. The smallest absolute Gasteiger partial charge is 4.00 e. The Kier molecular flexibility index (Phi) is 51.8. The molecule has 0 fully saturated rings. The topological polar surface area (TPSA) is 71.4 Å². The number of halogens is 1. The predicted molar refractivity (Wildman–Crippen MR) is 103 cm³/mol. The van der Waals surface area contributed by atoms with Gasteiger partial charge in [-0.25, -0.2) is 12.2 Å². The third kappa shape index (κ3) is 71.0. The molecule has 0 heterocycles. The monoisotopic (exact) mass is 466 g/mol. The fourth-order valence-corrected chi connectivity index (χ4v) is 0.340. The van der Waals surface area contributed by atoms with Crippen LogP contribution < -0.4 is 0 Å². The second-order valence-corrected chi connectivity index (χ2v) is 4.93. The second-order valence-electron chi connectivity index (χ2n) is 4.93. The zero-order valence-electron chi connectivity index (χ0n) is 15.9. The number of nitrogens with one attached hydrogen (secondary N) is 3. The van der Waals surface area contributed by atoms with Crippen LogP contribution in [0.4, 0.5) is 3.50 Å². The van der Waals surface area contributed by atoms with Crippen molar-refractivity contribution < 1.29 is 29.7 Å². The van der Waals surface area contributed by atoms with Gasteiger partial charge in [0.05, 0.1) is 0 Å². The van der Waals surface area contributed by atoms with Gasteiger partial charge in [-0.15, -0.1) is 24.5 Å². The van der Waals surface area contributed by atoms with Gasteiger partial charge in [0.25, 0.3) is 0 Å². The van der Waals surface area contributed by atoms with Gasteiger partial charge in [-0.1, -0.05) is 60.8 Å². The normalized spacial score (nSPS) is 13.9. The minimum Gasteiger partial charge on any atom is 4.00 e. The summed E-state index contributed by atoms with van der Waals surface area (Å²) in [6.07, 6.45) is 12.9. The summed E-state index contributed by atoms with van der Waals surface area (Å²) in [7, 11) is 0. The fourth-order valence-electron chi connectivity index (χ4n) is 0.340. The van der Waals surface area contributed by atoms with Gasteiger partial charge in [0.2, 0.25) is 0 Å². The molecule has 3 unspecified atom stereocenters. The summed E-state index contributed by atoms with van der Waals surface area (Å²) in [6.45, 7) is 11.7. The zero-order valence-corrected chi connectivity index (χ0v) is 21.3. The van der Waals surface area contributed by atoms with Crippen molar-refractivity contribution in [1.82, 2.24) is 0 Å². The van der Waals surface area contributed by atoms with E-state index in [0.29, 0.717) is 0 Å². The maximum Gasteiger partial charge on any atom is 4.00 e. The molecule has 0 bridgehead atoms.